The van der Waals surface area contributed by atoms with Gasteiger partial charge < -0.3 is 0 Å². The van der Waals surface area contributed by atoms with Crippen molar-refractivity contribution in [1.82, 2.24) is 0 Å². The van der Waals surface area contributed by atoms with Gasteiger partial charge >= 0.3 is 0 Å². The van der Waals surface area contributed by atoms with Crippen molar-refractivity contribution in [2.45, 2.75) is 20.3 Å². The van der Waals surface area contributed by atoms with Gasteiger partial charge in [0, 0.05) is 0 Å². The van der Waals surface area contributed by atoms with Crippen molar-refractivity contribution >= 4 is 0 Å². The Hall–Kier alpha value is -0.780. The Bertz CT molecular complexity index is 212. The zero-order chi connectivity index (χ0) is 9.84. The van der Waals surface area contributed by atoms with E-state index in [0.717, 1.165) is 11.8 Å². The summed E-state index contributed by atoms with van der Waals surface area (Å²) in [5.74, 6) is 2.94. The van der Waals surface area contributed by atoms with E-state index in [0.29, 0.717) is 11.8 Å². The third-order valence-electron chi connectivity index (χ3n) is 3.42. The third-order valence-corrected chi connectivity index (χ3v) is 3.42. The van der Waals surface area contributed by atoms with Crippen LogP contribution in [-0.4, -0.2) is 0 Å². The minimum absolute atomic E-state index is 0.668. The van der Waals surface area contributed by atoms with Gasteiger partial charge in [0.1, 0.15) is 0 Å². The Balaban J connectivity index is 2.72. The third kappa shape index (κ3) is 2.12. The summed E-state index contributed by atoms with van der Waals surface area (Å²) in [6.07, 6.45) is 9.61. The molecule has 0 aliphatic heterocycles. The summed E-state index contributed by atoms with van der Waals surface area (Å²) in [6.45, 7) is 12.3. The van der Waals surface area contributed by atoms with E-state index in [1.54, 1.807) is 0 Å². The van der Waals surface area contributed by atoms with Crippen LogP contribution in [0.3, 0.4) is 0 Å². The highest BCUT2D eigenvalue weighted by atomic mass is 14.4. The fraction of sp³-hybridized carbons (Fsp3) is 0.538. The molecular formula is C13H20. The van der Waals surface area contributed by atoms with Crippen molar-refractivity contribution in [2.75, 3.05) is 0 Å². The van der Waals surface area contributed by atoms with E-state index >= 15 is 0 Å². The number of hydrogen-bond acceptors (Lipinski definition) is 0. The lowest BCUT2D eigenvalue weighted by Crippen LogP contribution is -2.09. The smallest absolute Gasteiger partial charge is 0.0139 e. The van der Waals surface area contributed by atoms with E-state index in [4.69, 9.17) is 0 Å². The molecule has 0 heterocycles. The predicted molar refractivity (Wildman–Crippen MR) is 59.5 cm³/mol. The quantitative estimate of drug-likeness (QED) is 0.453. The van der Waals surface area contributed by atoms with Gasteiger partial charge in [0.15, 0.2) is 0 Å². The highest BCUT2D eigenvalue weighted by Gasteiger charge is 2.34. The number of allylic oxidation sites excluding steroid dienone is 4. The van der Waals surface area contributed by atoms with Gasteiger partial charge in [-0.2, -0.15) is 0 Å². The molecule has 4 unspecified atom stereocenters. The zero-order valence-electron chi connectivity index (χ0n) is 8.74. The molecular weight excluding hydrogens is 156 g/mol. The molecule has 1 aliphatic carbocycles. The van der Waals surface area contributed by atoms with Crippen LogP contribution in [-0.2, 0) is 0 Å². The van der Waals surface area contributed by atoms with Crippen molar-refractivity contribution in [2.24, 2.45) is 23.7 Å². The van der Waals surface area contributed by atoms with Crippen LogP contribution < -0.4 is 0 Å². The molecule has 0 amide bonds. The van der Waals surface area contributed by atoms with Crippen LogP contribution >= 0.6 is 0 Å². The van der Waals surface area contributed by atoms with Crippen LogP contribution in [0.2, 0.25) is 0 Å². The van der Waals surface area contributed by atoms with E-state index in [9.17, 15) is 0 Å². The summed E-state index contributed by atoms with van der Waals surface area (Å²) >= 11 is 0. The minimum atomic E-state index is 0.668. The molecule has 13 heavy (non-hydrogen) atoms. The van der Waals surface area contributed by atoms with Gasteiger partial charge in [-0.3, -0.25) is 0 Å². The molecule has 1 fully saturated rings. The molecule has 0 aromatic carbocycles. The van der Waals surface area contributed by atoms with Crippen LogP contribution in [0.25, 0.3) is 0 Å². The van der Waals surface area contributed by atoms with Crippen molar-refractivity contribution in [1.29, 1.82) is 0 Å². The summed E-state index contributed by atoms with van der Waals surface area (Å²) in [6, 6.07) is 0. The molecule has 0 saturated heterocycles. The van der Waals surface area contributed by atoms with Gasteiger partial charge in [-0.15, -0.1) is 6.58 Å². The highest BCUT2D eigenvalue weighted by molar-refractivity contribution is 5.08. The summed E-state index contributed by atoms with van der Waals surface area (Å²) in [4.78, 5) is 0. The van der Waals surface area contributed by atoms with E-state index in [-0.39, 0.29) is 0 Å². The lowest BCUT2D eigenvalue weighted by molar-refractivity contribution is 0.397. The molecule has 0 radical (unpaired) electrons. The van der Waals surface area contributed by atoms with E-state index in [1.807, 2.05) is 6.08 Å². The van der Waals surface area contributed by atoms with Gasteiger partial charge in [0.05, 0.1) is 0 Å². The van der Waals surface area contributed by atoms with Gasteiger partial charge in [0.25, 0.3) is 0 Å². The molecule has 0 bridgehead atoms. The monoisotopic (exact) mass is 176 g/mol. The molecule has 0 N–H and O–H groups in total. The van der Waals surface area contributed by atoms with Crippen LogP contribution in [0.4, 0.5) is 0 Å². The van der Waals surface area contributed by atoms with Crippen LogP contribution in [0, 0.1) is 23.7 Å². The fourth-order valence-corrected chi connectivity index (χ4v) is 2.35. The maximum absolute atomic E-state index is 3.91. The summed E-state index contributed by atoms with van der Waals surface area (Å²) in [7, 11) is 0. The largest absolute Gasteiger partial charge is 0.103 e. The standard InChI is InChI=1S/C13H20/c1-5-7-8-13-11(4)10(3)9-12(13)6-2/h5-8,10-13H,1-2,9H2,3-4H3/b8-7+. The SMILES string of the molecule is C=C/C=C/C1C(C=C)CC(C)C1C. The average molecular weight is 176 g/mol. The minimum Gasteiger partial charge on any atom is -0.103 e. The normalized spacial score (nSPS) is 39.5. The Kier molecular flexibility index (Phi) is 3.53. The van der Waals surface area contributed by atoms with Gasteiger partial charge in [-0.1, -0.05) is 44.7 Å². The molecule has 0 nitrogen and oxygen atoms in total. The summed E-state index contributed by atoms with van der Waals surface area (Å²) in [5.41, 5.74) is 0. The van der Waals surface area contributed by atoms with Crippen molar-refractivity contribution in [3.05, 3.63) is 37.5 Å². The second-order valence-corrected chi connectivity index (χ2v) is 4.17. The van der Waals surface area contributed by atoms with E-state index in [2.05, 4.69) is 45.2 Å². The molecule has 1 aliphatic rings. The Morgan fingerprint density at radius 1 is 1.23 bits per heavy atom. The average Bonchev–Trinajstić information content (AvgIpc) is 2.40. The van der Waals surface area contributed by atoms with Crippen molar-refractivity contribution < 1.29 is 0 Å². The lowest BCUT2D eigenvalue weighted by Gasteiger charge is -2.16. The first kappa shape index (κ1) is 10.3. The first-order chi connectivity index (χ1) is 6.20. The Morgan fingerprint density at radius 3 is 2.46 bits per heavy atom. The second-order valence-electron chi connectivity index (χ2n) is 4.17. The topological polar surface area (TPSA) is 0 Å². The zero-order valence-corrected chi connectivity index (χ0v) is 8.74. The van der Waals surface area contributed by atoms with Gasteiger partial charge in [-0.25, -0.2) is 0 Å². The van der Waals surface area contributed by atoms with Crippen LogP contribution in [0.1, 0.15) is 20.3 Å². The van der Waals surface area contributed by atoms with E-state index in [1.165, 1.54) is 6.42 Å². The molecule has 0 aromatic rings. The molecule has 72 valence electrons. The van der Waals surface area contributed by atoms with Crippen LogP contribution in [0.15, 0.2) is 37.5 Å². The molecule has 4 atom stereocenters. The number of hydrogen-bond donors (Lipinski definition) is 0. The lowest BCUT2D eigenvalue weighted by atomic mass is 9.88. The first-order valence-electron chi connectivity index (χ1n) is 5.12. The Morgan fingerprint density at radius 2 is 1.92 bits per heavy atom. The fourth-order valence-electron chi connectivity index (χ4n) is 2.35. The second kappa shape index (κ2) is 4.45. The molecule has 0 heteroatoms. The van der Waals surface area contributed by atoms with Gasteiger partial charge in [-0.05, 0) is 30.1 Å². The maximum atomic E-state index is 3.91. The molecule has 0 aromatic heterocycles. The Labute approximate surface area is 82.0 Å². The predicted octanol–water partition coefficient (Wildman–Crippen LogP) is 3.82. The maximum Gasteiger partial charge on any atom is -0.0139 e. The van der Waals surface area contributed by atoms with Crippen LogP contribution in [0.5, 0.6) is 0 Å². The van der Waals surface area contributed by atoms with E-state index < -0.39 is 0 Å². The molecule has 0 spiro atoms. The molecule has 1 saturated carbocycles. The van der Waals surface area contributed by atoms with Crippen molar-refractivity contribution in [3.63, 3.8) is 0 Å². The molecule has 1 rings (SSSR count). The van der Waals surface area contributed by atoms with Crippen molar-refractivity contribution in [3.8, 4) is 0 Å². The first-order valence-corrected chi connectivity index (χ1v) is 5.12. The summed E-state index contributed by atoms with van der Waals surface area (Å²) in [5, 5.41) is 0. The van der Waals surface area contributed by atoms with Gasteiger partial charge in [0.2, 0.25) is 0 Å². The number of rotatable bonds is 3. The summed E-state index contributed by atoms with van der Waals surface area (Å²) < 4.78 is 0. The highest BCUT2D eigenvalue weighted by Crippen LogP contribution is 2.42.